The molecular formula is C46H86N2O6S. The summed E-state index contributed by atoms with van der Waals surface area (Å²) in [6.07, 6.45) is 41.7. The first-order valence-electron chi connectivity index (χ1n) is 22.8. The van der Waals surface area contributed by atoms with Crippen LogP contribution >= 0.6 is 11.8 Å². The maximum atomic E-state index is 13.0. The van der Waals surface area contributed by atoms with Gasteiger partial charge in [-0.2, -0.15) is 0 Å². The van der Waals surface area contributed by atoms with Crippen molar-refractivity contribution >= 4 is 28.9 Å². The summed E-state index contributed by atoms with van der Waals surface area (Å²) >= 11 is 1.20. The van der Waals surface area contributed by atoms with Gasteiger partial charge in [0.15, 0.2) is 0 Å². The number of hydrogen-bond donors (Lipinski definition) is 1. The monoisotopic (exact) mass is 795 g/mol. The van der Waals surface area contributed by atoms with Gasteiger partial charge >= 0.3 is 11.9 Å². The summed E-state index contributed by atoms with van der Waals surface area (Å²) in [5, 5.41) is 9.01. The average Bonchev–Trinajstić information content (AvgIpc) is 3.17. The largest absolute Gasteiger partial charge is 0.464 e. The van der Waals surface area contributed by atoms with Gasteiger partial charge in [0.25, 0.3) is 5.24 Å². The lowest BCUT2D eigenvalue weighted by Crippen LogP contribution is -2.35. The number of thioether (sulfide) groups is 1. The Bertz CT molecular complexity index is 872. The van der Waals surface area contributed by atoms with Gasteiger partial charge in [-0.15, -0.1) is 0 Å². The van der Waals surface area contributed by atoms with Gasteiger partial charge < -0.3 is 24.4 Å². The quantitative estimate of drug-likeness (QED) is 0.0371. The zero-order chi connectivity index (χ0) is 40.3. The van der Waals surface area contributed by atoms with E-state index < -0.39 is 0 Å². The predicted molar refractivity (Wildman–Crippen MR) is 235 cm³/mol. The highest BCUT2D eigenvalue weighted by Gasteiger charge is 2.16. The van der Waals surface area contributed by atoms with Gasteiger partial charge in [0, 0.05) is 31.7 Å². The molecule has 0 saturated carbocycles. The number of esters is 2. The van der Waals surface area contributed by atoms with Crippen LogP contribution in [0.4, 0.5) is 4.79 Å². The first kappa shape index (κ1) is 53.2. The van der Waals surface area contributed by atoms with Crippen LogP contribution in [-0.4, -0.2) is 90.9 Å². The van der Waals surface area contributed by atoms with Gasteiger partial charge in [0.1, 0.15) is 13.2 Å². The summed E-state index contributed by atoms with van der Waals surface area (Å²) < 4.78 is 11.0. The summed E-state index contributed by atoms with van der Waals surface area (Å²) in [6, 6.07) is 0. The first-order valence-corrected chi connectivity index (χ1v) is 23.7. The van der Waals surface area contributed by atoms with Gasteiger partial charge in [-0.3, -0.25) is 14.4 Å². The van der Waals surface area contributed by atoms with E-state index in [4.69, 9.17) is 14.6 Å². The van der Waals surface area contributed by atoms with Crippen LogP contribution in [0.1, 0.15) is 194 Å². The maximum Gasteiger partial charge on any atom is 0.305 e. The number of aliphatic hydroxyl groups is 1. The van der Waals surface area contributed by atoms with Crippen LogP contribution in [0.3, 0.4) is 0 Å². The molecule has 0 bridgehead atoms. The molecule has 0 heterocycles. The van der Waals surface area contributed by atoms with E-state index in [0.29, 0.717) is 31.7 Å². The third-order valence-electron chi connectivity index (χ3n) is 9.97. The van der Waals surface area contributed by atoms with Crippen LogP contribution in [0.15, 0.2) is 24.3 Å². The maximum absolute atomic E-state index is 13.0. The topological polar surface area (TPSA) is 96.4 Å². The van der Waals surface area contributed by atoms with Crippen molar-refractivity contribution in [1.82, 2.24) is 9.80 Å². The molecule has 1 amide bonds. The fraction of sp³-hybridized carbons (Fsp3) is 0.848. The van der Waals surface area contributed by atoms with E-state index in [9.17, 15) is 14.4 Å². The Morgan fingerprint density at radius 1 is 0.509 bits per heavy atom. The molecular weight excluding hydrogens is 709 g/mol. The number of carbonyl (C=O) groups is 3. The summed E-state index contributed by atoms with van der Waals surface area (Å²) in [5.41, 5.74) is 0. The number of amides is 1. The van der Waals surface area contributed by atoms with Crippen molar-refractivity contribution in [1.29, 1.82) is 0 Å². The van der Waals surface area contributed by atoms with Crippen molar-refractivity contribution in [3.05, 3.63) is 24.3 Å². The number of hydrogen-bond acceptors (Lipinski definition) is 8. The minimum atomic E-state index is -0.227. The van der Waals surface area contributed by atoms with Crippen molar-refractivity contribution in [2.75, 3.05) is 58.8 Å². The molecule has 0 atom stereocenters. The number of carbonyl (C=O) groups excluding carboxylic acids is 3. The highest BCUT2D eigenvalue weighted by Crippen LogP contribution is 2.13. The number of nitrogens with zero attached hydrogens (tertiary/aromatic N) is 2. The second-order valence-corrected chi connectivity index (χ2v) is 16.3. The van der Waals surface area contributed by atoms with Crippen molar-refractivity contribution in [3.8, 4) is 0 Å². The normalized spacial score (nSPS) is 11.7. The van der Waals surface area contributed by atoms with Gasteiger partial charge in [0.05, 0.1) is 19.7 Å². The lowest BCUT2D eigenvalue weighted by Gasteiger charge is -2.22. The molecule has 9 heteroatoms. The fourth-order valence-corrected chi connectivity index (χ4v) is 7.26. The number of unbranched alkanes of at least 4 members (excludes halogenated alkanes) is 22. The number of rotatable bonds is 41. The van der Waals surface area contributed by atoms with E-state index in [1.165, 1.54) is 127 Å². The summed E-state index contributed by atoms with van der Waals surface area (Å²) in [7, 11) is 1.91. The van der Waals surface area contributed by atoms with Crippen LogP contribution in [0.2, 0.25) is 0 Å². The van der Waals surface area contributed by atoms with Gasteiger partial charge in [-0.25, -0.2) is 0 Å². The van der Waals surface area contributed by atoms with E-state index >= 15 is 0 Å². The average molecular weight is 795 g/mol. The predicted octanol–water partition coefficient (Wildman–Crippen LogP) is 12.2. The molecule has 55 heavy (non-hydrogen) atoms. The molecule has 0 aliphatic rings. The van der Waals surface area contributed by atoms with Crippen molar-refractivity contribution in [2.45, 2.75) is 194 Å². The van der Waals surface area contributed by atoms with Gasteiger partial charge in [0.2, 0.25) is 0 Å². The highest BCUT2D eigenvalue weighted by molar-refractivity contribution is 8.13. The summed E-state index contributed by atoms with van der Waals surface area (Å²) in [5.74, 6) is 0.125. The number of allylic oxidation sites excluding steroid dienone is 4. The molecule has 0 unspecified atom stereocenters. The Balaban J connectivity index is 4.18. The highest BCUT2D eigenvalue weighted by atomic mass is 32.2. The number of aliphatic hydroxyl groups excluding tert-OH is 1. The first-order chi connectivity index (χ1) is 26.9. The standard InChI is InChI=1S/C46H86N2O6S/c1-4-6-8-10-12-14-16-18-20-22-24-26-28-30-32-34-44(50)53-41-37-48(46(52)55-43-39-47(3)36-40-49)38-42-54-45(51)35-33-31-29-27-25-23-21-19-17-15-13-11-9-7-5-2/h18-21,49H,4-17,22-43H2,1-3H3/b20-18-,21-19-. The molecule has 0 radical (unpaired) electrons. The van der Waals surface area contributed by atoms with Crippen LogP contribution in [0.5, 0.6) is 0 Å². The molecule has 1 N–H and O–H groups in total. The number of ether oxygens (including phenoxy) is 2. The lowest BCUT2D eigenvalue weighted by atomic mass is 10.1. The van der Waals surface area contributed by atoms with Crippen LogP contribution in [-0.2, 0) is 19.1 Å². The van der Waals surface area contributed by atoms with Gasteiger partial charge in [-0.1, -0.05) is 153 Å². The lowest BCUT2D eigenvalue weighted by molar-refractivity contribution is -0.144. The minimum absolute atomic E-state index is 0.0754. The molecule has 0 aromatic rings. The molecule has 8 nitrogen and oxygen atoms in total. The second kappa shape index (κ2) is 43.3. The van der Waals surface area contributed by atoms with E-state index in [2.05, 4.69) is 38.2 Å². The summed E-state index contributed by atoms with van der Waals surface area (Å²) in [6.45, 7) is 6.60. The third-order valence-corrected chi connectivity index (χ3v) is 10.9. The van der Waals surface area contributed by atoms with Gasteiger partial charge in [-0.05, 0) is 71.3 Å². The van der Waals surface area contributed by atoms with Crippen LogP contribution in [0, 0.1) is 0 Å². The Hall–Kier alpha value is -1.84. The molecule has 0 spiro atoms. The van der Waals surface area contributed by atoms with E-state index in [1.54, 1.807) is 4.90 Å². The van der Waals surface area contributed by atoms with Crippen molar-refractivity contribution < 1.29 is 29.0 Å². The molecule has 0 aromatic carbocycles. The zero-order valence-electron chi connectivity index (χ0n) is 36.1. The molecule has 0 fully saturated rings. The second-order valence-electron chi connectivity index (χ2n) is 15.2. The van der Waals surface area contributed by atoms with Crippen LogP contribution < -0.4 is 0 Å². The van der Waals surface area contributed by atoms with E-state index in [1.807, 2.05) is 11.9 Å². The summed E-state index contributed by atoms with van der Waals surface area (Å²) in [4.78, 5) is 41.4. The Kier molecular flexibility index (Phi) is 41.8. The van der Waals surface area contributed by atoms with Crippen LogP contribution in [0.25, 0.3) is 0 Å². The minimum Gasteiger partial charge on any atom is -0.464 e. The molecule has 0 rings (SSSR count). The Morgan fingerprint density at radius 2 is 0.873 bits per heavy atom. The zero-order valence-corrected chi connectivity index (χ0v) is 36.9. The van der Waals surface area contributed by atoms with E-state index in [-0.39, 0.29) is 50.1 Å². The molecule has 0 saturated heterocycles. The third kappa shape index (κ3) is 40.2. The molecule has 0 aliphatic heterocycles. The molecule has 0 aromatic heterocycles. The smallest absolute Gasteiger partial charge is 0.305 e. The Labute approximate surface area is 343 Å². The van der Waals surface area contributed by atoms with Crippen molar-refractivity contribution in [3.63, 3.8) is 0 Å². The fourth-order valence-electron chi connectivity index (χ4n) is 6.32. The van der Waals surface area contributed by atoms with Crippen molar-refractivity contribution in [2.24, 2.45) is 0 Å². The van der Waals surface area contributed by atoms with E-state index in [0.717, 1.165) is 51.4 Å². The Morgan fingerprint density at radius 3 is 1.25 bits per heavy atom. The molecule has 0 aliphatic carbocycles. The number of likely N-dealkylation sites (N-methyl/N-ethyl adjacent to an activating group) is 1. The SMILES string of the molecule is CCCCCCCC/C=C\CCCCCCCC(=O)OCCN(CCOC(=O)CCCCCCC/C=C\CCCCCCCC)C(=O)SCCN(C)CCO. The molecule has 322 valence electrons.